The van der Waals surface area contributed by atoms with Crippen LogP contribution < -0.4 is 14.5 Å². The van der Waals surface area contributed by atoms with Crippen LogP contribution in [0.4, 0.5) is 15.8 Å². The zero-order chi connectivity index (χ0) is 19.0. The molecule has 2 aliphatic rings. The average molecular weight is 369 g/mol. The molecular formula is C20H20FN3O3. The molecule has 6 nitrogen and oxygen atoms in total. The standard InChI is InChI=1S/C20H20FN3O3/c1-27-16-5-3-15(4-6-16)23-10-8-22(9-11-23)13-24-18-7-2-14(21)12-17(18)19(25)20(24)26/h2-7,12H,8-11,13H2,1H3. The van der Waals surface area contributed by atoms with E-state index in [0.29, 0.717) is 12.4 Å². The first kappa shape index (κ1) is 17.5. The summed E-state index contributed by atoms with van der Waals surface area (Å²) in [6.07, 6.45) is 0. The number of anilines is 2. The summed E-state index contributed by atoms with van der Waals surface area (Å²) in [6, 6.07) is 11.8. The lowest BCUT2D eigenvalue weighted by Crippen LogP contribution is -2.51. The third kappa shape index (κ3) is 3.26. The van der Waals surface area contributed by atoms with Crippen LogP contribution in [0.15, 0.2) is 42.5 Å². The summed E-state index contributed by atoms with van der Waals surface area (Å²) in [5.74, 6) is -0.913. The van der Waals surface area contributed by atoms with Gasteiger partial charge >= 0.3 is 5.91 Å². The van der Waals surface area contributed by atoms with Crippen LogP contribution in [-0.2, 0) is 4.79 Å². The second-order valence-corrected chi connectivity index (χ2v) is 6.67. The number of fused-ring (bicyclic) bond motifs is 1. The zero-order valence-corrected chi connectivity index (χ0v) is 15.0. The van der Waals surface area contributed by atoms with Crippen molar-refractivity contribution in [2.24, 2.45) is 0 Å². The summed E-state index contributed by atoms with van der Waals surface area (Å²) in [5, 5.41) is 0. The number of hydrogen-bond donors (Lipinski definition) is 0. The molecule has 27 heavy (non-hydrogen) atoms. The minimum atomic E-state index is -0.638. The normalized spacial score (nSPS) is 17.4. The highest BCUT2D eigenvalue weighted by Gasteiger charge is 2.37. The number of Topliss-reactive ketones (excluding diaryl/α,β-unsaturated/α-hetero) is 1. The van der Waals surface area contributed by atoms with Gasteiger partial charge in [-0.3, -0.25) is 19.4 Å². The molecule has 4 rings (SSSR count). The van der Waals surface area contributed by atoms with Crippen LogP contribution in [-0.4, -0.2) is 56.5 Å². The number of nitrogens with zero attached hydrogens (tertiary/aromatic N) is 3. The lowest BCUT2D eigenvalue weighted by Gasteiger charge is -2.37. The van der Waals surface area contributed by atoms with E-state index in [0.717, 1.165) is 43.7 Å². The van der Waals surface area contributed by atoms with E-state index in [4.69, 9.17) is 4.74 Å². The van der Waals surface area contributed by atoms with Gasteiger partial charge in [-0.15, -0.1) is 0 Å². The predicted octanol–water partition coefficient (Wildman–Crippen LogP) is 2.14. The van der Waals surface area contributed by atoms with Crippen LogP contribution in [0, 0.1) is 5.82 Å². The monoisotopic (exact) mass is 369 g/mol. The number of carbonyl (C=O) groups is 2. The maximum atomic E-state index is 13.4. The van der Waals surface area contributed by atoms with Crippen LogP contribution in [0.5, 0.6) is 5.75 Å². The SMILES string of the molecule is COc1ccc(N2CCN(CN3C(=O)C(=O)c4cc(F)ccc43)CC2)cc1. The zero-order valence-electron chi connectivity index (χ0n) is 15.0. The highest BCUT2D eigenvalue weighted by atomic mass is 19.1. The van der Waals surface area contributed by atoms with Crippen molar-refractivity contribution in [1.82, 2.24) is 4.90 Å². The molecule has 0 radical (unpaired) electrons. The number of benzene rings is 2. The maximum Gasteiger partial charge on any atom is 0.300 e. The van der Waals surface area contributed by atoms with Crippen LogP contribution in [0.3, 0.4) is 0 Å². The van der Waals surface area contributed by atoms with Gasteiger partial charge in [0.15, 0.2) is 0 Å². The van der Waals surface area contributed by atoms with E-state index in [-0.39, 0.29) is 5.56 Å². The van der Waals surface area contributed by atoms with Gasteiger partial charge in [-0.25, -0.2) is 4.39 Å². The fraction of sp³-hybridized carbons (Fsp3) is 0.300. The van der Waals surface area contributed by atoms with E-state index in [1.165, 1.54) is 17.0 Å². The molecule has 0 aromatic heterocycles. The van der Waals surface area contributed by atoms with E-state index >= 15 is 0 Å². The predicted molar refractivity (Wildman–Crippen MR) is 99.9 cm³/mol. The van der Waals surface area contributed by atoms with E-state index in [1.807, 2.05) is 24.3 Å². The third-order valence-corrected chi connectivity index (χ3v) is 5.08. The quantitative estimate of drug-likeness (QED) is 0.773. The molecule has 2 aromatic carbocycles. The molecule has 1 fully saturated rings. The van der Waals surface area contributed by atoms with Crippen molar-refractivity contribution in [3.8, 4) is 5.75 Å². The van der Waals surface area contributed by atoms with Gasteiger partial charge in [-0.2, -0.15) is 0 Å². The summed E-state index contributed by atoms with van der Waals surface area (Å²) < 4.78 is 18.6. The van der Waals surface area contributed by atoms with Crippen molar-refractivity contribution in [1.29, 1.82) is 0 Å². The molecule has 0 bridgehead atoms. The topological polar surface area (TPSA) is 53.1 Å². The van der Waals surface area contributed by atoms with E-state index in [1.54, 1.807) is 7.11 Å². The Morgan fingerprint density at radius 1 is 1.00 bits per heavy atom. The van der Waals surface area contributed by atoms with Gasteiger partial charge in [0, 0.05) is 31.9 Å². The van der Waals surface area contributed by atoms with Gasteiger partial charge in [0.1, 0.15) is 11.6 Å². The Labute approximate surface area is 156 Å². The van der Waals surface area contributed by atoms with Gasteiger partial charge in [-0.1, -0.05) is 0 Å². The molecule has 2 aliphatic heterocycles. The summed E-state index contributed by atoms with van der Waals surface area (Å²) in [4.78, 5) is 30.2. The molecule has 1 saturated heterocycles. The number of amides is 1. The fourth-order valence-electron chi connectivity index (χ4n) is 3.55. The van der Waals surface area contributed by atoms with Crippen molar-refractivity contribution in [2.45, 2.75) is 0 Å². The average Bonchev–Trinajstić information content (AvgIpc) is 2.93. The summed E-state index contributed by atoms with van der Waals surface area (Å²) in [7, 11) is 1.64. The van der Waals surface area contributed by atoms with Crippen molar-refractivity contribution in [2.75, 3.05) is 49.8 Å². The number of methoxy groups -OCH3 is 1. The summed E-state index contributed by atoms with van der Waals surface area (Å²) in [6.45, 7) is 3.50. The van der Waals surface area contributed by atoms with E-state index in [2.05, 4.69) is 9.80 Å². The van der Waals surface area contributed by atoms with Gasteiger partial charge in [0.05, 0.1) is 25.0 Å². The van der Waals surface area contributed by atoms with Gasteiger partial charge < -0.3 is 9.64 Å². The highest BCUT2D eigenvalue weighted by Crippen LogP contribution is 2.30. The second-order valence-electron chi connectivity index (χ2n) is 6.67. The first-order valence-electron chi connectivity index (χ1n) is 8.84. The van der Waals surface area contributed by atoms with Gasteiger partial charge in [0.25, 0.3) is 5.78 Å². The van der Waals surface area contributed by atoms with Crippen molar-refractivity contribution < 1.29 is 18.7 Å². The molecule has 2 heterocycles. The molecule has 0 aliphatic carbocycles. The Morgan fingerprint density at radius 3 is 2.37 bits per heavy atom. The number of ether oxygens (including phenoxy) is 1. The van der Waals surface area contributed by atoms with Crippen LogP contribution >= 0.6 is 0 Å². The third-order valence-electron chi connectivity index (χ3n) is 5.08. The summed E-state index contributed by atoms with van der Waals surface area (Å²) >= 11 is 0. The molecule has 140 valence electrons. The molecule has 0 saturated carbocycles. The smallest absolute Gasteiger partial charge is 0.300 e. The Hall–Kier alpha value is -2.93. The molecule has 1 amide bonds. The lowest BCUT2D eigenvalue weighted by molar-refractivity contribution is -0.114. The number of piperazine rings is 1. The molecule has 0 atom stereocenters. The van der Waals surface area contributed by atoms with Crippen molar-refractivity contribution >= 4 is 23.1 Å². The largest absolute Gasteiger partial charge is 0.497 e. The molecule has 2 aromatic rings. The molecule has 0 spiro atoms. The van der Waals surface area contributed by atoms with Crippen LogP contribution in [0.25, 0.3) is 0 Å². The number of carbonyl (C=O) groups excluding carboxylic acids is 2. The Kier molecular flexibility index (Phi) is 4.53. The van der Waals surface area contributed by atoms with Crippen molar-refractivity contribution in [3.05, 3.63) is 53.8 Å². The van der Waals surface area contributed by atoms with E-state index in [9.17, 15) is 14.0 Å². The molecule has 7 heteroatoms. The van der Waals surface area contributed by atoms with Crippen molar-refractivity contribution in [3.63, 3.8) is 0 Å². The maximum absolute atomic E-state index is 13.4. The number of ketones is 1. The second kappa shape index (κ2) is 7.00. The molecular weight excluding hydrogens is 349 g/mol. The highest BCUT2D eigenvalue weighted by molar-refractivity contribution is 6.52. The van der Waals surface area contributed by atoms with Crippen LogP contribution in [0.1, 0.15) is 10.4 Å². The van der Waals surface area contributed by atoms with Gasteiger partial charge in [-0.05, 0) is 42.5 Å². The molecule has 0 unspecified atom stereocenters. The van der Waals surface area contributed by atoms with Gasteiger partial charge in [0.2, 0.25) is 0 Å². The van der Waals surface area contributed by atoms with E-state index < -0.39 is 17.5 Å². The minimum absolute atomic E-state index is 0.150. The Bertz CT molecular complexity index is 877. The summed E-state index contributed by atoms with van der Waals surface area (Å²) in [5.41, 5.74) is 1.77. The lowest BCUT2D eigenvalue weighted by atomic mass is 10.1. The molecule has 0 N–H and O–H groups in total. The fourth-order valence-corrected chi connectivity index (χ4v) is 3.55. The first-order chi connectivity index (χ1) is 13.1. The number of hydrogen-bond acceptors (Lipinski definition) is 5. The number of rotatable bonds is 4. The van der Waals surface area contributed by atoms with Crippen LogP contribution in [0.2, 0.25) is 0 Å². The Balaban J connectivity index is 1.41. The minimum Gasteiger partial charge on any atom is -0.497 e. The number of halogens is 1. The Morgan fingerprint density at radius 2 is 1.70 bits per heavy atom. The first-order valence-corrected chi connectivity index (χ1v) is 8.84.